The lowest BCUT2D eigenvalue weighted by Crippen LogP contribution is -2.08. The number of benzene rings is 1. The molecule has 2 heterocycles. The third-order valence-electron chi connectivity index (χ3n) is 2.98. The number of aromatic nitrogens is 3. The molecule has 88 valence electrons. The van der Waals surface area contributed by atoms with Gasteiger partial charge in [-0.05, 0) is 17.5 Å². The first-order valence-corrected chi connectivity index (χ1v) is 5.63. The standard InChI is InChI=1S/C14H11N3O/c1-17-13(6-8-16-17)14(18)12-4-2-3-10-9-15-7-5-11(10)12/h2-9H,1H3. The maximum absolute atomic E-state index is 12.5. The summed E-state index contributed by atoms with van der Waals surface area (Å²) in [4.78, 5) is 16.5. The zero-order chi connectivity index (χ0) is 12.5. The number of aryl methyl sites for hydroxylation is 1. The number of hydrogen-bond acceptors (Lipinski definition) is 3. The lowest BCUT2D eigenvalue weighted by atomic mass is 10.0. The Morgan fingerprint density at radius 2 is 2.06 bits per heavy atom. The Morgan fingerprint density at radius 1 is 1.17 bits per heavy atom. The number of carbonyl (C=O) groups is 1. The molecule has 3 aromatic rings. The molecule has 1 aromatic carbocycles. The lowest BCUT2D eigenvalue weighted by Gasteiger charge is -2.05. The molecule has 0 bridgehead atoms. The van der Waals surface area contributed by atoms with Gasteiger partial charge in [0.15, 0.2) is 0 Å². The van der Waals surface area contributed by atoms with E-state index in [4.69, 9.17) is 0 Å². The summed E-state index contributed by atoms with van der Waals surface area (Å²) >= 11 is 0. The number of carbonyl (C=O) groups excluding carboxylic acids is 1. The second-order valence-electron chi connectivity index (χ2n) is 4.07. The van der Waals surface area contributed by atoms with E-state index in [-0.39, 0.29) is 5.78 Å². The van der Waals surface area contributed by atoms with Crippen LogP contribution in [0.15, 0.2) is 48.9 Å². The molecular formula is C14H11N3O. The van der Waals surface area contributed by atoms with Crippen molar-refractivity contribution in [3.05, 3.63) is 60.2 Å². The molecule has 4 nitrogen and oxygen atoms in total. The van der Waals surface area contributed by atoms with Gasteiger partial charge in [0.25, 0.3) is 0 Å². The first kappa shape index (κ1) is 10.7. The molecule has 0 aliphatic heterocycles. The summed E-state index contributed by atoms with van der Waals surface area (Å²) in [5, 5.41) is 5.91. The molecule has 0 N–H and O–H groups in total. The van der Waals surface area contributed by atoms with Crippen LogP contribution in [0.3, 0.4) is 0 Å². The van der Waals surface area contributed by atoms with E-state index in [1.54, 1.807) is 36.4 Å². The average Bonchev–Trinajstić information content (AvgIpc) is 2.83. The Morgan fingerprint density at radius 3 is 2.83 bits per heavy atom. The van der Waals surface area contributed by atoms with Gasteiger partial charge in [0.2, 0.25) is 5.78 Å². The highest BCUT2D eigenvalue weighted by Gasteiger charge is 2.15. The van der Waals surface area contributed by atoms with E-state index in [0.29, 0.717) is 11.3 Å². The van der Waals surface area contributed by atoms with Gasteiger partial charge in [-0.15, -0.1) is 0 Å². The van der Waals surface area contributed by atoms with Gasteiger partial charge in [-0.25, -0.2) is 0 Å². The molecule has 0 radical (unpaired) electrons. The molecular weight excluding hydrogens is 226 g/mol. The third kappa shape index (κ3) is 1.59. The van der Waals surface area contributed by atoms with Crippen molar-refractivity contribution in [2.24, 2.45) is 7.05 Å². The van der Waals surface area contributed by atoms with Crippen LogP contribution in [0.1, 0.15) is 16.1 Å². The Kier molecular flexibility index (Phi) is 2.41. The lowest BCUT2D eigenvalue weighted by molar-refractivity contribution is 0.103. The normalized spacial score (nSPS) is 10.7. The second kappa shape index (κ2) is 4.07. The third-order valence-corrected chi connectivity index (χ3v) is 2.98. The van der Waals surface area contributed by atoms with Crippen LogP contribution in [0, 0.1) is 0 Å². The predicted octanol–water partition coefficient (Wildman–Crippen LogP) is 2.20. The van der Waals surface area contributed by atoms with Crippen molar-refractivity contribution < 1.29 is 4.79 Å². The number of pyridine rings is 1. The molecule has 0 saturated carbocycles. The van der Waals surface area contributed by atoms with E-state index in [0.717, 1.165) is 10.8 Å². The highest BCUT2D eigenvalue weighted by atomic mass is 16.1. The minimum absolute atomic E-state index is 0.0215. The summed E-state index contributed by atoms with van der Waals surface area (Å²) in [7, 11) is 1.76. The van der Waals surface area contributed by atoms with Gasteiger partial charge in [0.05, 0.1) is 0 Å². The number of fused-ring (bicyclic) bond motifs is 1. The van der Waals surface area contributed by atoms with E-state index in [9.17, 15) is 4.79 Å². The molecule has 18 heavy (non-hydrogen) atoms. The summed E-state index contributed by atoms with van der Waals surface area (Å²) in [5.41, 5.74) is 1.26. The fourth-order valence-corrected chi connectivity index (χ4v) is 2.06. The smallest absolute Gasteiger partial charge is 0.211 e. The van der Waals surface area contributed by atoms with Crippen LogP contribution < -0.4 is 0 Å². The molecule has 0 unspecified atom stereocenters. The van der Waals surface area contributed by atoms with Gasteiger partial charge in [-0.2, -0.15) is 5.10 Å². The van der Waals surface area contributed by atoms with Crippen LogP contribution in [0.5, 0.6) is 0 Å². The van der Waals surface area contributed by atoms with Crippen molar-refractivity contribution in [3.8, 4) is 0 Å². The Hall–Kier alpha value is -2.49. The second-order valence-corrected chi connectivity index (χ2v) is 4.07. The van der Waals surface area contributed by atoms with Crippen LogP contribution >= 0.6 is 0 Å². The minimum Gasteiger partial charge on any atom is -0.287 e. The summed E-state index contributed by atoms with van der Waals surface area (Å²) in [5.74, 6) is -0.0215. The maximum atomic E-state index is 12.5. The van der Waals surface area contributed by atoms with Crippen molar-refractivity contribution >= 4 is 16.6 Å². The Labute approximate surface area is 104 Å². The monoisotopic (exact) mass is 237 g/mol. The summed E-state index contributed by atoms with van der Waals surface area (Å²) in [6.07, 6.45) is 5.08. The van der Waals surface area contributed by atoms with Gasteiger partial charge in [0.1, 0.15) is 5.69 Å². The van der Waals surface area contributed by atoms with Crippen LogP contribution in [0.4, 0.5) is 0 Å². The highest BCUT2D eigenvalue weighted by Crippen LogP contribution is 2.20. The van der Waals surface area contributed by atoms with Crippen molar-refractivity contribution in [3.63, 3.8) is 0 Å². The van der Waals surface area contributed by atoms with E-state index < -0.39 is 0 Å². The van der Waals surface area contributed by atoms with E-state index >= 15 is 0 Å². The Balaban J connectivity index is 2.21. The van der Waals surface area contributed by atoms with Gasteiger partial charge < -0.3 is 0 Å². The number of nitrogens with zero attached hydrogens (tertiary/aromatic N) is 3. The number of rotatable bonds is 2. The molecule has 0 saturated heterocycles. The van der Waals surface area contributed by atoms with Crippen molar-refractivity contribution in [1.29, 1.82) is 0 Å². The number of ketones is 1. The first-order valence-electron chi connectivity index (χ1n) is 5.63. The topological polar surface area (TPSA) is 47.8 Å². The van der Waals surface area contributed by atoms with E-state index in [2.05, 4.69) is 10.1 Å². The van der Waals surface area contributed by atoms with E-state index in [1.165, 1.54) is 0 Å². The van der Waals surface area contributed by atoms with Crippen molar-refractivity contribution in [1.82, 2.24) is 14.8 Å². The average molecular weight is 237 g/mol. The molecule has 0 atom stereocenters. The fraction of sp³-hybridized carbons (Fsp3) is 0.0714. The molecule has 0 spiro atoms. The summed E-state index contributed by atoms with van der Waals surface area (Å²) < 4.78 is 1.59. The molecule has 0 aliphatic rings. The van der Waals surface area contributed by atoms with Crippen molar-refractivity contribution in [2.75, 3.05) is 0 Å². The van der Waals surface area contributed by atoms with Gasteiger partial charge >= 0.3 is 0 Å². The highest BCUT2D eigenvalue weighted by molar-refractivity contribution is 6.15. The van der Waals surface area contributed by atoms with Crippen molar-refractivity contribution in [2.45, 2.75) is 0 Å². The van der Waals surface area contributed by atoms with Crippen LogP contribution in [0.25, 0.3) is 10.8 Å². The molecule has 0 amide bonds. The SMILES string of the molecule is Cn1nccc1C(=O)c1cccc2cnccc12. The van der Waals surface area contributed by atoms with E-state index in [1.807, 2.05) is 24.3 Å². The molecule has 0 fully saturated rings. The zero-order valence-electron chi connectivity index (χ0n) is 9.87. The molecule has 4 heteroatoms. The predicted molar refractivity (Wildman–Crippen MR) is 68.4 cm³/mol. The molecule has 0 aliphatic carbocycles. The number of hydrogen-bond donors (Lipinski definition) is 0. The fourth-order valence-electron chi connectivity index (χ4n) is 2.06. The largest absolute Gasteiger partial charge is 0.287 e. The van der Waals surface area contributed by atoms with Crippen LogP contribution in [-0.4, -0.2) is 20.5 Å². The molecule has 3 rings (SSSR count). The minimum atomic E-state index is -0.0215. The summed E-state index contributed by atoms with van der Waals surface area (Å²) in [6.45, 7) is 0. The quantitative estimate of drug-likeness (QED) is 0.642. The maximum Gasteiger partial charge on any atom is 0.211 e. The van der Waals surface area contributed by atoms with Crippen LogP contribution in [0.2, 0.25) is 0 Å². The molecule has 2 aromatic heterocycles. The van der Waals surface area contributed by atoms with Gasteiger partial charge in [-0.1, -0.05) is 18.2 Å². The van der Waals surface area contributed by atoms with Crippen LogP contribution in [-0.2, 0) is 7.05 Å². The summed E-state index contributed by atoms with van der Waals surface area (Å²) in [6, 6.07) is 9.23. The van der Waals surface area contributed by atoms with Gasteiger partial charge in [0, 0.05) is 36.6 Å². The van der Waals surface area contributed by atoms with Gasteiger partial charge in [-0.3, -0.25) is 14.5 Å². The zero-order valence-corrected chi connectivity index (χ0v) is 9.87. The first-order chi connectivity index (χ1) is 8.77. The Bertz CT molecular complexity index is 725.